The molecule has 41 heavy (non-hydrogen) atoms. The van der Waals surface area contributed by atoms with Crippen LogP contribution in [0.2, 0.25) is 0 Å². The van der Waals surface area contributed by atoms with Gasteiger partial charge in [0.25, 0.3) is 0 Å². The van der Waals surface area contributed by atoms with Crippen molar-refractivity contribution in [1.82, 2.24) is 14.9 Å². The third kappa shape index (κ3) is 6.39. The number of nitrogens with zero attached hydrogens (tertiary/aromatic N) is 4. The molecule has 0 bridgehead atoms. The van der Waals surface area contributed by atoms with E-state index in [1.807, 2.05) is 32.2 Å². The van der Waals surface area contributed by atoms with Crippen LogP contribution < -0.4 is 16.0 Å². The highest BCUT2D eigenvalue weighted by molar-refractivity contribution is 6.23. The average Bonchev–Trinajstić information content (AvgIpc) is 3.36. The molecule has 0 unspecified atom stereocenters. The number of amides is 1. The van der Waals surface area contributed by atoms with Gasteiger partial charge in [-0.3, -0.25) is 9.79 Å². The Morgan fingerprint density at radius 2 is 1.80 bits per heavy atom. The van der Waals surface area contributed by atoms with E-state index >= 15 is 0 Å². The van der Waals surface area contributed by atoms with E-state index in [2.05, 4.69) is 89.2 Å². The lowest BCUT2D eigenvalue weighted by Crippen LogP contribution is -2.28. The van der Waals surface area contributed by atoms with Gasteiger partial charge in [0.2, 0.25) is 5.91 Å². The Morgan fingerprint density at radius 1 is 1.10 bits per heavy atom. The van der Waals surface area contributed by atoms with E-state index in [4.69, 9.17) is 10.7 Å². The molecule has 2 aromatic carbocycles. The standard InChI is InChI=1S/C33H39N7O/c1-8-30(41)37-29-18-24(10-9-21(29)2)31-27-17-25(28(19-34)22(3)35-4)20-36-33(27)38-32(31)23-11-13-26(14-12-23)40(7)16-15-39(5)6/h8-14,17-20H,1,15-16,34H2,2-7H3,(H,36,38)(H,37,41)/b28-19+,35-22?. The third-order valence-electron chi connectivity index (χ3n) is 7.30. The summed E-state index contributed by atoms with van der Waals surface area (Å²) < 4.78 is 0. The number of rotatable bonds is 10. The van der Waals surface area contributed by atoms with Gasteiger partial charge >= 0.3 is 0 Å². The zero-order chi connectivity index (χ0) is 29.7. The molecular formula is C33H39N7O. The number of allylic oxidation sites excluding steroid dienone is 1. The van der Waals surface area contributed by atoms with Crippen molar-refractivity contribution in [2.24, 2.45) is 10.7 Å². The predicted molar refractivity (Wildman–Crippen MR) is 174 cm³/mol. The number of nitrogens with two attached hydrogens (primary N) is 1. The summed E-state index contributed by atoms with van der Waals surface area (Å²) in [5.74, 6) is -0.255. The minimum absolute atomic E-state index is 0.255. The lowest BCUT2D eigenvalue weighted by Gasteiger charge is -2.21. The SMILES string of the molecule is C=CC(=O)Nc1cc(-c2c(-c3ccc(N(C)CCN(C)C)cc3)[nH]c3ncc(/C(=C/N)C(C)=NC)cc23)ccc1C. The van der Waals surface area contributed by atoms with E-state index in [0.29, 0.717) is 0 Å². The molecule has 0 aliphatic carbocycles. The number of likely N-dealkylation sites (N-methyl/N-ethyl adjacent to an activating group) is 2. The number of nitrogens with one attached hydrogen (secondary N) is 2. The maximum Gasteiger partial charge on any atom is 0.247 e. The van der Waals surface area contributed by atoms with Crippen LogP contribution in [-0.2, 0) is 4.79 Å². The molecule has 1 amide bonds. The largest absolute Gasteiger partial charge is 0.404 e. The number of aromatic nitrogens is 2. The Hall–Kier alpha value is -4.69. The van der Waals surface area contributed by atoms with E-state index in [1.54, 1.807) is 13.2 Å². The number of benzene rings is 2. The molecule has 4 rings (SSSR count). The Kier molecular flexibility index (Phi) is 9.04. The second-order valence-corrected chi connectivity index (χ2v) is 10.4. The van der Waals surface area contributed by atoms with Crippen molar-refractivity contribution in [3.05, 3.63) is 84.7 Å². The molecule has 2 heterocycles. The normalized spacial score (nSPS) is 12.2. The summed E-state index contributed by atoms with van der Waals surface area (Å²) in [7, 11) is 8.01. The van der Waals surface area contributed by atoms with Gasteiger partial charge in [0, 0.05) is 78.8 Å². The highest BCUT2D eigenvalue weighted by atomic mass is 16.1. The van der Waals surface area contributed by atoms with Crippen molar-refractivity contribution < 1.29 is 4.79 Å². The fraction of sp³-hybridized carbons (Fsp3) is 0.242. The van der Waals surface area contributed by atoms with Gasteiger partial charge < -0.3 is 25.8 Å². The van der Waals surface area contributed by atoms with E-state index in [0.717, 1.165) is 80.3 Å². The predicted octanol–water partition coefficient (Wildman–Crippen LogP) is 5.72. The number of carbonyl (C=O) groups is 1. The first-order valence-corrected chi connectivity index (χ1v) is 13.5. The summed E-state index contributed by atoms with van der Waals surface area (Å²) in [6, 6.07) is 16.7. The molecule has 0 aliphatic heterocycles. The number of carbonyl (C=O) groups excluding carboxylic acids is 1. The second kappa shape index (κ2) is 12.7. The van der Waals surface area contributed by atoms with Gasteiger partial charge in [0.05, 0.1) is 5.69 Å². The first-order chi connectivity index (χ1) is 19.7. The lowest BCUT2D eigenvalue weighted by atomic mass is 9.95. The molecule has 0 fully saturated rings. The zero-order valence-electron chi connectivity index (χ0n) is 24.7. The van der Waals surface area contributed by atoms with E-state index in [9.17, 15) is 4.79 Å². The van der Waals surface area contributed by atoms with Gasteiger partial charge in [0.1, 0.15) is 5.65 Å². The van der Waals surface area contributed by atoms with Crippen LogP contribution in [0, 0.1) is 6.92 Å². The van der Waals surface area contributed by atoms with Gasteiger partial charge in [-0.2, -0.15) is 0 Å². The summed E-state index contributed by atoms with van der Waals surface area (Å²) in [4.78, 5) is 29.3. The van der Waals surface area contributed by atoms with Crippen molar-refractivity contribution in [3.8, 4) is 22.4 Å². The number of anilines is 2. The molecule has 4 N–H and O–H groups in total. The number of hydrogen-bond acceptors (Lipinski definition) is 6. The van der Waals surface area contributed by atoms with Crippen LogP contribution >= 0.6 is 0 Å². The van der Waals surface area contributed by atoms with Crippen LogP contribution in [0.4, 0.5) is 11.4 Å². The van der Waals surface area contributed by atoms with Crippen LogP contribution in [0.15, 0.2) is 78.6 Å². The zero-order valence-corrected chi connectivity index (χ0v) is 24.7. The number of hydrogen-bond donors (Lipinski definition) is 3. The minimum atomic E-state index is -0.255. The van der Waals surface area contributed by atoms with Crippen molar-refractivity contribution >= 4 is 39.6 Å². The highest BCUT2D eigenvalue weighted by Gasteiger charge is 2.19. The maximum absolute atomic E-state index is 12.2. The molecule has 0 radical (unpaired) electrons. The maximum atomic E-state index is 12.2. The number of fused-ring (bicyclic) bond motifs is 1. The van der Waals surface area contributed by atoms with Gasteiger partial charge in [-0.05, 0) is 75.0 Å². The topological polar surface area (TPSA) is 103 Å². The second-order valence-electron chi connectivity index (χ2n) is 10.4. The van der Waals surface area contributed by atoms with Gasteiger partial charge in [-0.25, -0.2) is 4.98 Å². The highest BCUT2D eigenvalue weighted by Crippen LogP contribution is 2.40. The van der Waals surface area contributed by atoms with Crippen molar-refractivity contribution in [2.45, 2.75) is 13.8 Å². The van der Waals surface area contributed by atoms with Crippen LogP contribution in [0.3, 0.4) is 0 Å². The van der Waals surface area contributed by atoms with Crippen LogP contribution in [0.5, 0.6) is 0 Å². The van der Waals surface area contributed by atoms with Gasteiger partial charge in [-0.15, -0.1) is 0 Å². The quantitative estimate of drug-likeness (QED) is 0.174. The summed E-state index contributed by atoms with van der Waals surface area (Å²) in [6.45, 7) is 9.39. The number of aromatic amines is 1. The fourth-order valence-corrected chi connectivity index (χ4v) is 4.74. The van der Waals surface area contributed by atoms with Gasteiger partial charge in [-0.1, -0.05) is 30.8 Å². The lowest BCUT2D eigenvalue weighted by molar-refractivity contribution is -0.111. The Morgan fingerprint density at radius 3 is 2.44 bits per heavy atom. The van der Waals surface area contributed by atoms with E-state index in [-0.39, 0.29) is 5.91 Å². The fourth-order valence-electron chi connectivity index (χ4n) is 4.74. The number of H-pyrrole nitrogens is 1. The average molecular weight is 550 g/mol. The molecule has 8 heteroatoms. The summed E-state index contributed by atoms with van der Waals surface area (Å²) in [5.41, 5.74) is 16.0. The molecule has 4 aromatic rings. The van der Waals surface area contributed by atoms with Crippen LogP contribution in [-0.4, -0.2) is 67.8 Å². The first kappa shape index (κ1) is 29.3. The molecule has 0 saturated heterocycles. The van der Waals surface area contributed by atoms with Crippen LogP contribution in [0.25, 0.3) is 39.0 Å². The molecule has 0 saturated carbocycles. The van der Waals surface area contributed by atoms with E-state index in [1.165, 1.54) is 6.08 Å². The molecule has 8 nitrogen and oxygen atoms in total. The van der Waals surface area contributed by atoms with Crippen LogP contribution in [0.1, 0.15) is 18.1 Å². The van der Waals surface area contributed by atoms with Crippen molar-refractivity contribution in [3.63, 3.8) is 0 Å². The molecule has 0 spiro atoms. The molecular weight excluding hydrogens is 510 g/mol. The Bertz CT molecular complexity index is 1630. The minimum Gasteiger partial charge on any atom is -0.404 e. The van der Waals surface area contributed by atoms with Crippen molar-refractivity contribution in [1.29, 1.82) is 0 Å². The molecule has 0 aliphatic rings. The molecule has 2 aromatic heterocycles. The monoisotopic (exact) mass is 549 g/mol. The number of pyridine rings is 1. The summed E-state index contributed by atoms with van der Waals surface area (Å²) in [6.07, 6.45) is 4.65. The number of aryl methyl sites for hydroxylation is 1. The number of aliphatic imine (C=N–C) groups is 1. The molecule has 212 valence electrons. The van der Waals surface area contributed by atoms with Gasteiger partial charge in [0.15, 0.2) is 0 Å². The summed E-state index contributed by atoms with van der Waals surface area (Å²) in [5, 5.41) is 3.88. The Labute approximate surface area is 242 Å². The Balaban J connectivity index is 1.90. The first-order valence-electron chi connectivity index (χ1n) is 13.5. The van der Waals surface area contributed by atoms with E-state index < -0.39 is 0 Å². The molecule has 0 atom stereocenters. The van der Waals surface area contributed by atoms with Crippen molar-refractivity contribution in [2.75, 3.05) is 51.5 Å². The smallest absolute Gasteiger partial charge is 0.247 e. The summed E-state index contributed by atoms with van der Waals surface area (Å²) >= 11 is 0. The third-order valence-corrected chi connectivity index (χ3v) is 7.30.